The van der Waals surface area contributed by atoms with Gasteiger partial charge < -0.3 is 10.5 Å². The summed E-state index contributed by atoms with van der Waals surface area (Å²) in [6, 6.07) is 11.8. The fraction of sp³-hybridized carbons (Fsp3) is 0.333. The van der Waals surface area contributed by atoms with E-state index in [9.17, 15) is 12.8 Å². The summed E-state index contributed by atoms with van der Waals surface area (Å²) in [5, 5.41) is -0.378. The smallest absolute Gasteiger partial charge is 0.183 e. The van der Waals surface area contributed by atoms with Crippen molar-refractivity contribution in [2.45, 2.75) is 28.5 Å². The first-order chi connectivity index (χ1) is 11.8. The number of benzene rings is 2. The molecule has 2 aromatic carbocycles. The van der Waals surface area contributed by atoms with Crippen LogP contribution in [-0.2, 0) is 14.6 Å². The van der Waals surface area contributed by atoms with E-state index in [1.54, 1.807) is 12.1 Å². The van der Waals surface area contributed by atoms with Gasteiger partial charge in [0.1, 0.15) is 5.82 Å². The van der Waals surface area contributed by atoms with Gasteiger partial charge in [-0.25, -0.2) is 12.8 Å². The lowest BCUT2D eigenvalue weighted by Gasteiger charge is -2.12. The summed E-state index contributed by atoms with van der Waals surface area (Å²) in [6.07, 6.45) is 0. The third-order valence-corrected chi connectivity index (χ3v) is 7.12. The van der Waals surface area contributed by atoms with Crippen molar-refractivity contribution in [3.8, 4) is 0 Å². The van der Waals surface area contributed by atoms with Gasteiger partial charge >= 0.3 is 0 Å². The highest BCUT2D eigenvalue weighted by molar-refractivity contribution is 7.92. The molecule has 134 valence electrons. The Morgan fingerprint density at radius 1 is 1.16 bits per heavy atom. The van der Waals surface area contributed by atoms with Gasteiger partial charge in [-0.3, -0.25) is 0 Å². The third kappa shape index (κ3) is 3.31. The maximum Gasteiger partial charge on any atom is 0.183 e. The van der Waals surface area contributed by atoms with Gasteiger partial charge in [-0.1, -0.05) is 23.7 Å². The Kier molecular flexibility index (Phi) is 4.90. The first-order valence-electron chi connectivity index (χ1n) is 7.92. The molecule has 0 spiro atoms. The first kappa shape index (κ1) is 18.3. The molecule has 0 aromatic heterocycles. The van der Waals surface area contributed by atoms with Gasteiger partial charge in [-0.05, 0) is 48.9 Å². The van der Waals surface area contributed by atoms with Crippen LogP contribution in [0.4, 0.5) is 4.39 Å². The van der Waals surface area contributed by atoms with Crippen molar-refractivity contribution in [1.29, 1.82) is 0 Å². The molecule has 3 atom stereocenters. The fourth-order valence-electron chi connectivity index (χ4n) is 3.27. The van der Waals surface area contributed by atoms with Crippen molar-refractivity contribution >= 4 is 21.4 Å². The minimum absolute atomic E-state index is 0.114. The lowest BCUT2D eigenvalue weighted by Crippen LogP contribution is -2.36. The van der Waals surface area contributed by atoms with Crippen LogP contribution in [0, 0.1) is 5.82 Å². The molecule has 4 nitrogen and oxygen atoms in total. The summed E-state index contributed by atoms with van der Waals surface area (Å²) in [4.78, 5) is 0.165. The van der Waals surface area contributed by atoms with Crippen molar-refractivity contribution < 1.29 is 17.5 Å². The molecule has 3 rings (SSSR count). The zero-order valence-corrected chi connectivity index (χ0v) is 15.2. The van der Waals surface area contributed by atoms with Crippen molar-refractivity contribution in [3.05, 3.63) is 64.9 Å². The number of rotatable bonds is 6. The quantitative estimate of drug-likeness (QED) is 0.831. The molecule has 1 fully saturated rings. The number of halogens is 2. The monoisotopic (exact) mass is 383 g/mol. The molecule has 0 aliphatic heterocycles. The van der Waals surface area contributed by atoms with Crippen LogP contribution in [0.2, 0.25) is 5.02 Å². The molecule has 0 amide bonds. The average molecular weight is 384 g/mol. The molecule has 0 saturated heterocycles. The Morgan fingerprint density at radius 2 is 1.76 bits per heavy atom. The van der Waals surface area contributed by atoms with Crippen LogP contribution in [0.1, 0.15) is 18.4 Å². The minimum atomic E-state index is -3.69. The van der Waals surface area contributed by atoms with Crippen molar-refractivity contribution in [2.75, 3.05) is 13.2 Å². The van der Waals surface area contributed by atoms with Crippen LogP contribution in [0.25, 0.3) is 0 Å². The normalized spacial score (nSPS) is 25.8. The third-order valence-electron chi connectivity index (χ3n) is 4.56. The number of sulfone groups is 1. The van der Waals surface area contributed by atoms with Gasteiger partial charge in [0.15, 0.2) is 9.84 Å². The van der Waals surface area contributed by atoms with Gasteiger partial charge in [0.2, 0.25) is 0 Å². The first-order valence-corrected chi connectivity index (χ1v) is 9.84. The van der Waals surface area contributed by atoms with Crippen molar-refractivity contribution in [1.82, 2.24) is 0 Å². The predicted octanol–water partition coefficient (Wildman–Crippen LogP) is 3.15. The van der Waals surface area contributed by atoms with E-state index in [0.717, 1.165) is 0 Å². The SMILES string of the molecule is CCOC[C@@]1(N)[C@H](S(=O)(=O)c2ccc(Cl)cc2)[C@@H]1c1ccc(F)cc1. The van der Waals surface area contributed by atoms with E-state index in [0.29, 0.717) is 17.2 Å². The molecular weight excluding hydrogens is 365 g/mol. The molecule has 2 N–H and O–H groups in total. The highest BCUT2D eigenvalue weighted by Gasteiger charge is 2.69. The maximum atomic E-state index is 13.2. The molecule has 0 bridgehead atoms. The van der Waals surface area contributed by atoms with E-state index in [2.05, 4.69) is 0 Å². The zero-order valence-electron chi connectivity index (χ0n) is 13.7. The van der Waals surface area contributed by atoms with Crippen LogP contribution in [0.5, 0.6) is 0 Å². The number of hydrogen-bond acceptors (Lipinski definition) is 4. The second-order valence-corrected chi connectivity index (χ2v) is 8.70. The maximum absolute atomic E-state index is 13.2. The Balaban J connectivity index is 1.99. The Labute approximate surface area is 151 Å². The van der Waals surface area contributed by atoms with Crippen molar-refractivity contribution in [3.63, 3.8) is 0 Å². The Morgan fingerprint density at radius 3 is 2.32 bits per heavy atom. The fourth-order valence-corrected chi connectivity index (χ4v) is 5.68. The van der Waals surface area contributed by atoms with E-state index in [-0.39, 0.29) is 17.3 Å². The molecule has 0 radical (unpaired) electrons. The van der Waals surface area contributed by atoms with E-state index >= 15 is 0 Å². The van der Waals surface area contributed by atoms with Crippen LogP contribution in [-0.4, -0.2) is 32.4 Å². The Hall–Kier alpha value is -1.47. The van der Waals surface area contributed by atoms with Gasteiger partial charge in [0, 0.05) is 17.5 Å². The van der Waals surface area contributed by atoms with Crippen molar-refractivity contribution in [2.24, 2.45) is 5.73 Å². The average Bonchev–Trinajstić information content (AvgIpc) is 3.21. The van der Waals surface area contributed by atoms with Gasteiger partial charge in [-0.2, -0.15) is 0 Å². The van der Waals surface area contributed by atoms with Crippen LogP contribution in [0.15, 0.2) is 53.4 Å². The summed E-state index contributed by atoms with van der Waals surface area (Å²) < 4.78 is 44.8. The van der Waals surface area contributed by atoms with Gasteiger partial charge in [-0.15, -0.1) is 0 Å². The highest BCUT2D eigenvalue weighted by Crippen LogP contribution is 2.55. The lowest BCUT2D eigenvalue weighted by molar-refractivity contribution is 0.125. The van der Waals surface area contributed by atoms with E-state index in [1.807, 2.05) is 6.92 Å². The summed E-state index contributed by atoms with van der Waals surface area (Å²) in [5.74, 6) is -0.839. The summed E-state index contributed by atoms with van der Waals surface area (Å²) >= 11 is 5.85. The number of ether oxygens (including phenoxy) is 1. The van der Waals surface area contributed by atoms with Crippen LogP contribution >= 0.6 is 11.6 Å². The van der Waals surface area contributed by atoms with Gasteiger partial charge in [0.05, 0.1) is 22.3 Å². The number of nitrogens with two attached hydrogens (primary N) is 1. The molecule has 1 aliphatic carbocycles. The standard InChI is InChI=1S/C18H19ClFNO3S/c1-2-24-11-18(21)16(12-3-7-14(20)8-4-12)17(18)25(22,23)15-9-5-13(19)6-10-15/h3-10,16-17H,2,11,21H2,1H3/t16-,17+,18-/m0/s1. The second-order valence-electron chi connectivity index (χ2n) is 6.20. The largest absolute Gasteiger partial charge is 0.380 e. The van der Waals surface area contributed by atoms with E-state index < -0.39 is 26.5 Å². The molecule has 25 heavy (non-hydrogen) atoms. The second kappa shape index (κ2) is 6.68. The molecular formula is C18H19ClFNO3S. The van der Waals surface area contributed by atoms with E-state index in [1.165, 1.54) is 36.4 Å². The Bertz CT molecular complexity index is 855. The highest BCUT2D eigenvalue weighted by atomic mass is 35.5. The van der Waals surface area contributed by atoms with Crippen LogP contribution < -0.4 is 5.73 Å². The molecule has 1 aliphatic rings. The van der Waals surface area contributed by atoms with E-state index in [4.69, 9.17) is 22.1 Å². The lowest BCUT2D eigenvalue weighted by atomic mass is 10.1. The molecule has 2 aromatic rings. The van der Waals surface area contributed by atoms with Gasteiger partial charge in [0.25, 0.3) is 0 Å². The van der Waals surface area contributed by atoms with Crippen LogP contribution in [0.3, 0.4) is 0 Å². The molecule has 0 heterocycles. The summed E-state index contributed by atoms with van der Waals surface area (Å²) in [5.41, 5.74) is 6.06. The predicted molar refractivity (Wildman–Crippen MR) is 95.0 cm³/mol. The number of hydrogen-bond donors (Lipinski definition) is 1. The molecule has 1 saturated carbocycles. The minimum Gasteiger partial charge on any atom is -0.380 e. The summed E-state index contributed by atoms with van der Waals surface area (Å²) in [7, 11) is -3.69. The molecule has 7 heteroatoms. The summed E-state index contributed by atoms with van der Waals surface area (Å²) in [6.45, 7) is 2.37. The molecule has 0 unspecified atom stereocenters. The zero-order chi connectivity index (χ0) is 18.2. The topological polar surface area (TPSA) is 69.4 Å².